The smallest absolute Gasteiger partial charge is 0.253 e. The van der Waals surface area contributed by atoms with Crippen molar-refractivity contribution in [2.45, 2.75) is 18.5 Å². The zero-order chi connectivity index (χ0) is 20.2. The normalized spacial score (nSPS) is 21.6. The molecule has 1 aromatic heterocycles. The van der Waals surface area contributed by atoms with Gasteiger partial charge in [0.1, 0.15) is 6.04 Å². The van der Waals surface area contributed by atoms with Gasteiger partial charge in [0.15, 0.2) is 0 Å². The Hall–Kier alpha value is -3.28. The summed E-state index contributed by atoms with van der Waals surface area (Å²) in [7, 11) is 0. The molecule has 0 spiro atoms. The fourth-order valence-corrected chi connectivity index (χ4v) is 3.74. The van der Waals surface area contributed by atoms with Crippen LogP contribution in [0.4, 0.5) is 0 Å². The number of nitrogens with zero attached hydrogens (tertiary/aromatic N) is 4. The van der Waals surface area contributed by atoms with Crippen LogP contribution < -0.4 is 10.9 Å². The average molecular weight is 390 g/mol. The van der Waals surface area contributed by atoms with E-state index in [2.05, 4.69) is 15.8 Å². The standard InChI is InChI=1S/C21H22N6O2/c22-13-15-3-5-16(6-4-15)20(28)26-8-10-27(11-9-26)21(29)19-12-18(24-25-19)17-2-1-7-23-14-17/h1-7,14,18-19,24-25H,8-12H2. The highest BCUT2D eigenvalue weighted by atomic mass is 16.2. The second-order valence-corrected chi connectivity index (χ2v) is 7.22. The molecular formula is C21H22N6O2. The predicted octanol–water partition coefficient (Wildman–Crippen LogP) is 0.845. The number of nitriles is 1. The summed E-state index contributed by atoms with van der Waals surface area (Å²) >= 11 is 0. The first-order valence-electron chi connectivity index (χ1n) is 9.65. The Morgan fingerprint density at radius 3 is 2.41 bits per heavy atom. The maximum absolute atomic E-state index is 12.9. The first-order chi connectivity index (χ1) is 14.2. The summed E-state index contributed by atoms with van der Waals surface area (Å²) in [6.45, 7) is 2.01. The summed E-state index contributed by atoms with van der Waals surface area (Å²) in [6, 6.07) is 12.3. The maximum Gasteiger partial charge on any atom is 0.253 e. The highest BCUT2D eigenvalue weighted by molar-refractivity contribution is 5.94. The monoisotopic (exact) mass is 390 g/mol. The van der Waals surface area contributed by atoms with E-state index < -0.39 is 0 Å². The molecule has 8 heteroatoms. The number of hydrogen-bond acceptors (Lipinski definition) is 6. The Bertz CT molecular complexity index is 916. The van der Waals surface area contributed by atoms with Crippen LogP contribution in [0.2, 0.25) is 0 Å². The fraction of sp³-hybridized carbons (Fsp3) is 0.333. The zero-order valence-electron chi connectivity index (χ0n) is 15.9. The van der Waals surface area contributed by atoms with Gasteiger partial charge >= 0.3 is 0 Å². The molecular weight excluding hydrogens is 368 g/mol. The van der Waals surface area contributed by atoms with Gasteiger partial charge in [-0.25, -0.2) is 10.9 Å². The lowest BCUT2D eigenvalue weighted by atomic mass is 10.0. The molecule has 148 valence electrons. The summed E-state index contributed by atoms with van der Waals surface area (Å²) < 4.78 is 0. The Balaban J connectivity index is 1.30. The van der Waals surface area contributed by atoms with Gasteiger partial charge in [-0.2, -0.15) is 5.26 Å². The SMILES string of the molecule is N#Cc1ccc(C(=O)N2CCN(C(=O)C3CC(c4cccnc4)NN3)CC2)cc1. The lowest BCUT2D eigenvalue weighted by Crippen LogP contribution is -2.54. The number of carbonyl (C=O) groups excluding carboxylic acids is 2. The quantitative estimate of drug-likeness (QED) is 0.806. The molecule has 2 aliphatic rings. The van der Waals surface area contributed by atoms with Crippen molar-refractivity contribution in [2.24, 2.45) is 0 Å². The lowest BCUT2D eigenvalue weighted by Gasteiger charge is -2.36. The van der Waals surface area contributed by atoms with Crippen molar-refractivity contribution in [1.82, 2.24) is 25.6 Å². The van der Waals surface area contributed by atoms with Gasteiger partial charge in [-0.3, -0.25) is 14.6 Å². The molecule has 2 N–H and O–H groups in total. The molecule has 2 aliphatic heterocycles. The maximum atomic E-state index is 12.9. The lowest BCUT2D eigenvalue weighted by molar-refractivity contribution is -0.134. The van der Waals surface area contributed by atoms with E-state index in [9.17, 15) is 9.59 Å². The molecule has 2 atom stereocenters. The number of rotatable bonds is 3. The second kappa shape index (κ2) is 8.39. The molecule has 0 bridgehead atoms. The topological polar surface area (TPSA) is 101 Å². The zero-order valence-corrected chi connectivity index (χ0v) is 15.9. The fourth-order valence-electron chi connectivity index (χ4n) is 3.74. The van der Waals surface area contributed by atoms with E-state index in [0.717, 1.165) is 5.56 Å². The molecule has 2 unspecified atom stereocenters. The van der Waals surface area contributed by atoms with Crippen LogP contribution in [0.3, 0.4) is 0 Å². The van der Waals surface area contributed by atoms with Gasteiger partial charge in [0, 0.05) is 50.2 Å². The van der Waals surface area contributed by atoms with Crippen LogP contribution in [-0.4, -0.2) is 58.8 Å². The van der Waals surface area contributed by atoms with Crippen LogP contribution >= 0.6 is 0 Å². The van der Waals surface area contributed by atoms with Crippen LogP contribution in [-0.2, 0) is 4.79 Å². The van der Waals surface area contributed by atoms with Gasteiger partial charge in [-0.1, -0.05) is 6.07 Å². The minimum atomic E-state index is -0.291. The van der Waals surface area contributed by atoms with Crippen LogP contribution in [0.5, 0.6) is 0 Å². The highest BCUT2D eigenvalue weighted by Crippen LogP contribution is 2.22. The molecule has 8 nitrogen and oxygen atoms in total. The molecule has 2 aromatic rings. The predicted molar refractivity (Wildman–Crippen MR) is 105 cm³/mol. The third-order valence-corrected chi connectivity index (χ3v) is 5.43. The summed E-state index contributed by atoms with van der Waals surface area (Å²) in [5.41, 5.74) is 8.41. The largest absolute Gasteiger partial charge is 0.338 e. The number of hydrogen-bond donors (Lipinski definition) is 2. The van der Waals surface area contributed by atoms with Crippen LogP contribution in [0, 0.1) is 11.3 Å². The minimum absolute atomic E-state index is 0.0503. The highest BCUT2D eigenvalue weighted by Gasteiger charge is 2.34. The Morgan fingerprint density at radius 1 is 1.03 bits per heavy atom. The second-order valence-electron chi connectivity index (χ2n) is 7.22. The van der Waals surface area contributed by atoms with Crippen molar-refractivity contribution in [1.29, 1.82) is 5.26 Å². The molecule has 0 aliphatic carbocycles. The van der Waals surface area contributed by atoms with E-state index in [4.69, 9.17) is 5.26 Å². The number of amides is 2. The number of benzene rings is 1. The van der Waals surface area contributed by atoms with E-state index in [0.29, 0.717) is 43.7 Å². The first kappa shape index (κ1) is 19.1. The third kappa shape index (κ3) is 4.11. The Morgan fingerprint density at radius 2 is 1.76 bits per heavy atom. The average Bonchev–Trinajstić information content (AvgIpc) is 3.29. The van der Waals surface area contributed by atoms with Gasteiger partial charge in [-0.15, -0.1) is 0 Å². The van der Waals surface area contributed by atoms with Gasteiger partial charge in [0.2, 0.25) is 5.91 Å². The molecule has 29 heavy (non-hydrogen) atoms. The van der Waals surface area contributed by atoms with Crippen LogP contribution in [0.15, 0.2) is 48.8 Å². The van der Waals surface area contributed by atoms with Crippen molar-refractivity contribution in [2.75, 3.05) is 26.2 Å². The molecule has 3 heterocycles. The van der Waals surface area contributed by atoms with Gasteiger partial charge in [0.05, 0.1) is 11.6 Å². The number of carbonyl (C=O) groups is 2. The summed E-state index contributed by atoms with van der Waals surface area (Å²) in [5.74, 6) is -0.0201. The summed E-state index contributed by atoms with van der Waals surface area (Å²) in [4.78, 5) is 33.2. The molecule has 2 fully saturated rings. The number of pyridine rings is 1. The minimum Gasteiger partial charge on any atom is -0.338 e. The number of nitrogens with one attached hydrogen (secondary N) is 2. The van der Waals surface area contributed by atoms with E-state index in [-0.39, 0.29) is 23.9 Å². The number of aromatic nitrogens is 1. The molecule has 2 saturated heterocycles. The van der Waals surface area contributed by atoms with E-state index in [1.807, 2.05) is 23.1 Å². The summed E-state index contributed by atoms with van der Waals surface area (Å²) in [6.07, 6.45) is 4.20. The van der Waals surface area contributed by atoms with Crippen molar-refractivity contribution in [3.63, 3.8) is 0 Å². The van der Waals surface area contributed by atoms with Crippen molar-refractivity contribution >= 4 is 11.8 Å². The van der Waals surface area contributed by atoms with Crippen LogP contribution in [0.25, 0.3) is 0 Å². The van der Waals surface area contributed by atoms with E-state index >= 15 is 0 Å². The van der Waals surface area contributed by atoms with Gasteiger partial charge < -0.3 is 9.80 Å². The van der Waals surface area contributed by atoms with Gasteiger partial charge in [-0.05, 0) is 42.3 Å². The first-order valence-corrected chi connectivity index (χ1v) is 9.65. The third-order valence-electron chi connectivity index (χ3n) is 5.43. The molecule has 4 rings (SSSR count). The number of piperazine rings is 1. The number of hydrazine groups is 1. The Labute approximate surface area is 169 Å². The van der Waals surface area contributed by atoms with Crippen molar-refractivity contribution < 1.29 is 9.59 Å². The van der Waals surface area contributed by atoms with Crippen LogP contribution in [0.1, 0.15) is 33.9 Å². The molecule has 0 saturated carbocycles. The molecule has 2 amide bonds. The van der Waals surface area contributed by atoms with Crippen molar-refractivity contribution in [3.05, 3.63) is 65.5 Å². The van der Waals surface area contributed by atoms with Crippen molar-refractivity contribution in [3.8, 4) is 6.07 Å². The molecule has 0 radical (unpaired) electrons. The van der Waals surface area contributed by atoms with E-state index in [1.54, 1.807) is 41.6 Å². The Kier molecular flexibility index (Phi) is 5.51. The molecule has 1 aromatic carbocycles. The summed E-state index contributed by atoms with van der Waals surface area (Å²) in [5, 5.41) is 8.87. The van der Waals surface area contributed by atoms with Gasteiger partial charge in [0.25, 0.3) is 5.91 Å². The van der Waals surface area contributed by atoms with E-state index in [1.165, 1.54) is 0 Å².